The van der Waals surface area contributed by atoms with E-state index in [0.717, 1.165) is 16.7 Å². The molecule has 1 aliphatic carbocycles. The summed E-state index contributed by atoms with van der Waals surface area (Å²) in [6.07, 6.45) is 3.53. The Kier molecular flexibility index (Phi) is 9.14. The van der Waals surface area contributed by atoms with Gasteiger partial charge in [0.05, 0.1) is 18.6 Å². The van der Waals surface area contributed by atoms with Crippen LogP contribution in [0.5, 0.6) is 0 Å². The maximum Gasteiger partial charge on any atom is 0.314 e. The molecule has 0 bridgehead atoms. The van der Waals surface area contributed by atoms with Crippen LogP contribution >= 0.6 is 24.0 Å². The molecule has 2 atom stereocenters. The Hall–Kier alpha value is -2.31. The van der Waals surface area contributed by atoms with Crippen molar-refractivity contribution in [2.45, 2.75) is 18.9 Å². The molecule has 0 spiro atoms. The van der Waals surface area contributed by atoms with E-state index in [0.29, 0.717) is 30.3 Å². The number of hydrogen-bond donors (Lipinski definition) is 3. The molecule has 0 fully saturated rings. The highest BCUT2D eigenvalue weighted by molar-refractivity contribution is 6.30. The number of aliphatic hydroxyl groups is 1. The molecule has 0 saturated carbocycles. The minimum atomic E-state index is -1.06. The number of ether oxygens (including phenoxy) is 1. The molecule has 7 heteroatoms. The third kappa shape index (κ3) is 6.11. The second-order valence-corrected chi connectivity index (χ2v) is 7.84. The maximum absolute atomic E-state index is 12.1. The minimum absolute atomic E-state index is 0. The van der Waals surface area contributed by atoms with Gasteiger partial charge in [-0.1, -0.05) is 66.2 Å². The number of aliphatic carboxylic acids is 1. The summed E-state index contributed by atoms with van der Waals surface area (Å²) in [5, 5.41) is 24.0. The number of rotatable bonds is 9. The highest BCUT2D eigenvalue weighted by atomic mass is 35.5. The van der Waals surface area contributed by atoms with Gasteiger partial charge in [-0.05, 0) is 36.2 Å². The number of allylic oxidation sites excluding steroid dienone is 3. The maximum atomic E-state index is 12.1. The van der Waals surface area contributed by atoms with Crippen molar-refractivity contribution in [3.05, 3.63) is 88.7 Å². The lowest BCUT2D eigenvalue weighted by Crippen LogP contribution is -2.36. The van der Waals surface area contributed by atoms with Gasteiger partial charge in [0.15, 0.2) is 0 Å². The molecule has 0 aromatic heterocycles. The zero-order valence-electron chi connectivity index (χ0n) is 17.3. The third-order valence-electron chi connectivity index (χ3n) is 5.42. The van der Waals surface area contributed by atoms with Crippen molar-refractivity contribution in [1.82, 2.24) is 5.32 Å². The number of hydrogen-bond acceptors (Lipinski definition) is 4. The topological polar surface area (TPSA) is 78.8 Å². The van der Waals surface area contributed by atoms with Gasteiger partial charge >= 0.3 is 5.97 Å². The summed E-state index contributed by atoms with van der Waals surface area (Å²) in [6.45, 7) is 0.744. The molecule has 166 valence electrons. The number of halogens is 2. The molecule has 3 rings (SSSR count). The Morgan fingerprint density at radius 2 is 1.97 bits per heavy atom. The van der Waals surface area contributed by atoms with E-state index in [-0.39, 0.29) is 18.8 Å². The molecule has 1 aliphatic rings. The first-order chi connectivity index (χ1) is 14.4. The first kappa shape index (κ1) is 25.0. The summed E-state index contributed by atoms with van der Waals surface area (Å²) in [5.74, 6) is -0.234. The number of carboxylic acids is 1. The summed E-state index contributed by atoms with van der Waals surface area (Å²) in [5.41, 5.74) is 1.56. The lowest BCUT2D eigenvalue weighted by molar-refractivity contribution is -0.146. The Bertz CT molecular complexity index is 946. The van der Waals surface area contributed by atoms with Crippen LogP contribution in [0, 0.1) is 5.41 Å². The van der Waals surface area contributed by atoms with Crippen molar-refractivity contribution in [1.29, 1.82) is 0 Å². The van der Waals surface area contributed by atoms with Crippen LogP contribution in [0.25, 0.3) is 5.57 Å². The average Bonchev–Trinajstić information content (AvgIpc) is 2.76. The molecule has 3 N–H and O–H groups in total. The predicted octanol–water partition coefficient (Wildman–Crippen LogP) is 4.86. The van der Waals surface area contributed by atoms with Gasteiger partial charge < -0.3 is 20.3 Å². The van der Waals surface area contributed by atoms with Crippen LogP contribution in [0.15, 0.2) is 72.5 Å². The van der Waals surface area contributed by atoms with Crippen LogP contribution in [0.1, 0.15) is 30.1 Å². The molecule has 0 heterocycles. The quantitative estimate of drug-likeness (QED) is 0.462. The first-order valence-corrected chi connectivity index (χ1v) is 10.2. The number of aliphatic hydroxyl groups excluding tert-OH is 1. The molecule has 0 radical (unpaired) electrons. The number of benzene rings is 2. The van der Waals surface area contributed by atoms with Crippen molar-refractivity contribution >= 4 is 35.6 Å². The SMILES string of the molecule is COC1=C(c2ccccc2)C=CC(CCNC[C@H](O)c2cccc(Cl)c2)(C(=O)O)C1.Cl. The van der Waals surface area contributed by atoms with Crippen LogP contribution in [0.2, 0.25) is 5.02 Å². The Balaban J connectivity index is 0.00000341. The van der Waals surface area contributed by atoms with E-state index in [2.05, 4.69) is 5.32 Å². The lowest BCUT2D eigenvalue weighted by Gasteiger charge is -2.31. The molecule has 1 unspecified atom stereocenters. The second-order valence-electron chi connectivity index (χ2n) is 7.40. The van der Waals surface area contributed by atoms with Crippen LogP contribution in [-0.2, 0) is 9.53 Å². The van der Waals surface area contributed by atoms with E-state index in [1.807, 2.05) is 42.5 Å². The standard InChI is InChI=1S/C24H26ClNO4.ClH/c1-30-22-15-24(23(28)29,11-10-20(22)17-6-3-2-4-7-17)12-13-26-16-21(27)18-8-5-9-19(25)14-18;/h2-11,14,21,26-27H,12-13,15-16H2,1H3,(H,28,29);1H/t21-,24?;/m0./s1. The largest absolute Gasteiger partial charge is 0.500 e. The number of carboxylic acid groups (broad SMARTS) is 1. The first-order valence-electron chi connectivity index (χ1n) is 9.84. The third-order valence-corrected chi connectivity index (χ3v) is 5.66. The van der Waals surface area contributed by atoms with Gasteiger partial charge in [-0.25, -0.2) is 0 Å². The predicted molar refractivity (Wildman–Crippen MR) is 125 cm³/mol. The smallest absolute Gasteiger partial charge is 0.314 e. The van der Waals surface area contributed by atoms with Gasteiger partial charge in [0, 0.05) is 23.6 Å². The normalized spacial score (nSPS) is 18.9. The average molecular weight is 464 g/mol. The fraction of sp³-hybridized carbons (Fsp3) is 0.292. The zero-order chi connectivity index (χ0) is 21.6. The highest BCUT2D eigenvalue weighted by Gasteiger charge is 2.39. The number of carbonyl (C=O) groups is 1. The van der Waals surface area contributed by atoms with E-state index in [1.54, 1.807) is 31.4 Å². The van der Waals surface area contributed by atoms with Crippen LogP contribution in [0.4, 0.5) is 0 Å². The summed E-state index contributed by atoms with van der Waals surface area (Å²) in [4.78, 5) is 12.1. The molecule has 2 aromatic carbocycles. The Morgan fingerprint density at radius 1 is 1.23 bits per heavy atom. The van der Waals surface area contributed by atoms with Gasteiger partial charge in [-0.2, -0.15) is 0 Å². The van der Waals surface area contributed by atoms with Gasteiger partial charge in [-0.3, -0.25) is 4.79 Å². The van der Waals surface area contributed by atoms with Crippen LogP contribution < -0.4 is 5.32 Å². The van der Waals surface area contributed by atoms with E-state index in [1.165, 1.54) is 0 Å². The summed E-state index contributed by atoms with van der Waals surface area (Å²) >= 11 is 5.97. The minimum Gasteiger partial charge on any atom is -0.500 e. The second kappa shape index (κ2) is 11.3. The van der Waals surface area contributed by atoms with Gasteiger partial charge in [0.2, 0.25) is 0 Å². The fourth-order valence-corrected chi connectivity index (χ4v) is 3.84. The Morgan fingerprint density at radius 3 is 2.61 bits per heavy atom. The van der Waals surface area contributed by atoms with Crippen molar-refractivity contribution in [3.8, 4) is 0 Å². The van der Waals surface area contributed by atoms with E-state index in [4.69, 9.17) is 16.3 Å². The van der Waals surface area contributed by atoms with E-state index < -0.39 is 17.5 Å². The van der Waals surface area contributed by atoms with Gasteiger partial charge in [0.1, 0.15) is 5.76 Å². The number of methoxy groups -OCH3 is 1. The molecule has 5 nitrogen and oxygen atoms in total. The summed E-state index contributed by atoms with van der Waals surface area (Å²) < 4.78 is 5.57. The molecular formula is C24H27Cl2NO4. The molecule has 0 saturated heterocycles. The molecule has 31 heavy (non-hydrogen) atoms. The van der Waals surface area contributed by atoms with Crippen LogP contribution in [-0.4, -0.2) is 36.4 Å². The summed E-state index contributed by atoms with van der Waals surface area (Å²) in [7, 11) is 1.57. The Labute approximate surface area is 193 Å². The van der Waals surface area contributed by atoms with Gasteiger partial charge in [0.25, 0.3) is 0 Å². The molecule has 0 aliphatic heterocycles. The van der Waals surface area contributed by atoms with Gasteiger partial charge in [-0.15, -0.1) is 12.4 Å². The lowest BCUT2D eigenvalue weighted by atomic mass is 9.75. The van der Waals surface area contributed by atoms with Crippen LogP contribution in [0.3, 0.4) is 0 Å². The molecule has 2 aromatic rings. The van der Waals surface area contributed by atoms with E-state index >= 15 is 0 Å². The summed E-state index contributed by atoms with van der Waals surface area (Å²) in [6, 6.07) is 16.8. The van der Waals surface area contributed by atoms with Crippen molar-refractivity contribution in [2.24, 2.45) is 5.41 Å². The molecular weight excluding hydrogens is 437 g/mol. The monoisotopic (exact) mass is 463 g/mol. The highest BCUT2D eigenvalue weighted by Crippen LogP contribution is 2.40. The molecule has 0 amide bonds. The zero-order valence-corrected chi connectivity index (χ0v) is 18.8. The van der Waals surface area contributed by atoms with Crippen molar-refractivity contribution < 1.29 is 19.7 Å². The fourth-order valence-electron chi connectivity index (χ4n) is 3.64. The number of nitrogens with one attached hydrogen (secondary N) is 1. The van der Waals surface area contributed by atoms with Crippen molar-refractivity contribution in [3.63, 3.8) is 0 Å². The van der Waals surface area contributed by atoms with E-state index in [9.17, 15) is 15.0 Å². The van der Waals surface area contributed by atoms with Crippen molar-refractivity contribution in [2.75, 3.05) is 20.2 Å².